The molecule has 1 aliphatic heterocycles. The Kier molecular flexibility index (Phi) is 14.2. The van der Waals surface area contributed by atoms with E-state index in [1.807, 2.05) is 27.7 Å². The average molecular weight is 535 g/mol. The normalized spacial score (nSPS) is 27.2. The van der Waals surface area contributed by atoms with Crippen LogP contribution in [0, 0.1) is 17.3 Å². The first-order valence-electron chi connectivity index (χ1n) is 13.5. The summed E-state index contributed by atoms with van der Waals surface area (Å²) in [6.07, 6.45) is -6.75. The molecule has 0 saturated carbocycles. The van der Waals surface area contributed by atoms with E-state index in [0.717, 1.165) is 0 Å². The van der Waals surface area contributed by atoms with Crippen molar-refractivity contribution < 1.29 is 49.3 Å². The minimum Gasteiger partial charge on any atom is -0.462 e. The van der Waals surface area contributed by atoms with Crippen LogP contribution in [0.3, 0.4) is 0 Å². The maximum atomic E-state index is 12.7. The Morgan fingerprint density at radius 2 is 1.41 bits per heavy atom. The minimum atomic E-state index is -1.35. The van der Waals surface area contributed by atoms with Crippen LogP contribution in [0.15, 0.2) is 0 Å². The lowest BCUT2D eigenvalue weighted by molar-refractivity contribution is -0.208. The Bertz CT molecular complexity index is 693. The molecule has 0 aliphatic carbocycles. The van der Waals surface area contributed by atoms with Crippen molar-refractivity contribution in [1.82, 2.24) is 0 Å². The zero-order chi connectivity index (χ0) is 28.5. The smallest absolute Gasteiger partial charge is 0.308 e. The molecule has 0 aromatic carbocycles. The number of hydrogen-bond donors (Lipinski definition) is 5. The number of carbonyl (C=O) groups is 2. The molecule has 1 heterocycles. The molecule has 0 spiro atoms. The molecule has 1 aliphatic rings. The lowest BCUT2D eigenvalue weighted by Crippen LogP contribution is -2.39. The second-order valence-corrected chi connectivity index (χ2v) is 11.5. The van der Waals surface area contributed by atoms with E-state index in [9.17, 15) is 35.1 Å². The highest BCUT2D eigenvalue weighted by Gasteiger charge is 2.44. The topological polar surface area (TPSA) is 163 Å². The Morgan fingerprint density at radius 1 is 0.892 bits per heavy atom. The van der Waals surface area contributed by atoms with Gasteiger partial charge < -0.3 is 39.7 Å². The van der Waals surface area contributed by atoms with Crippen molar-refractivity contribution in [2.45, 2.75) is 136 Å². The van der Waals surface area contributed by atoms with Gasteiger partial charge in [-0.15, -0.1) is 0 Å². The number of ketones is 1. The van der Waals surface area contributed by atoms with E-state index in [2.05, 4.69) is 0 Å². The number of rotatable bonds is 16. The zero-order valence-electron chi connectivity index (χ0n) is 23.5. The first-order valence-corrected chi connectivity index (χ1v) is 13.5. The van der Waals surface area contributed by atoms with Crippen molar-refractivity contribution in [1.29, 1.82) is 0 Å². The van der Waals surface area contributed by atoms with Gasteiger partial charge >= 0.3 is 5.97 Å². The van der Waals surface area contributed by atoms with Gasteiger partial charge in [-0.3, -0.25) is 9.59 Å². The van der Waals surface area contributed by atoms with E-state index in [1.165, 1.54) is 0 Å². The first kappa shape index (κ1) is 33.9. The zero-order valence-corrected chi connectivity index (χ0v) is 23.5. The van der Waals surface area contributed by atoms with Gasteiger partial charge in [-0.25, -0.2) is 0 Å². The molecule has 2 unspecified atom stereocenters. The molecule has 0 amide bonds. The molecule has 10 atom stereocenters. The SMILES string of the molecule is CC[C@@H](C)[C@H](CC(O)CC(=O)C(C)(C)C)OC(=O)C[C@@H](O)C[C@H](O[C@@H]1O[C@@H](CO)[C@H](O)C1O)[C@H](C)CC. The van der Waals surface area contributed by atoms with Crippen LogP contribution in [0.2, 0.25) is 0 Å². The van der Waals surface area contributed by atoms with E-state index in [-0.39, 0.29) is 43.3 Å². The van der Waals surface area contributed by atoms with Crippen LogP contribution < -0.4 is 0 Å². The number of Topliss-reactive ketones (excluding diaryl/α,β-unsaturated/α-hetero) is 1. The van der Waals surface area contributed by atoms with Crippen LogP contribution >= 0.6 is 0 Å². The van der Waals surface area contributed by atoms with Crippen LogP contribution in [0.4, 0.5) is 0 Å². The fraction of sp³-hybridized carbons (Fsp3) is 0.926. The number of hydrogen-bond acceptors (Lipinski definition) is 10. The van der Waals surface area contributed by atoms with Gasteiger partial charge in [0, 0.05) is 24.7 Å². The van der Waals surface area contributed by atoms with Gasteiger partial charge in [-0.2, -0.15) is 0 Å². The largest absolute Gasteiger partial charge is 0.462 e. The molecule has 1 fully saturated rings. The Labute approximate surface area is 221 Å². The van der Waals surface area contributed by atoms with Crippen molar-refractivity contribution in [3.05, 3.63) is 0 Å². The highest BCUT2D eigenvalue weighted by Crippen LogP contribution is 2.28. The maximum absolute atomic E-state index is 12.7. The van der Waals surface area contributed by atoms with Gasteiger partial charge in [0.05, 0.1) is 31.3 Å². The molecule has 0 bridgehead atoms. The van der Waals surface area contributed by atoms with Crippen LogP contribution in [-0.2, 0) is 23.8 Å². The molecule has 218 valence electrons. The van der Waals surface area contributed by atoms with Gasteiger partial charge in [-0.05, 0) is 11.8 Å². The van der Waals surface area contributed by atoms with E-state index in [1.54, 1.807) is 20.8 Å². The van der Waals surface area contributed by atoms with Gasteiger partial charge in [-0.1, -0.05) is 61.3 Å². The van der Waals surface area contributed by atoms with Crippen molar-refractivity contribution in [2.24, 2.45) is 17.3 Å². The summed E-state index contributed by atoms with van der Waals surface area (Å²) < 4.78 is 16.9. The molecule has 0 radical (unpaired) electrons. The predicted octanol–water partition coefficient (Wildman–Crippen LogP) is 1.71. The van der Waals surface area contributed by atoms with E-state index < -0.39 is 67.0 Å². The summed E-state index contributed by atoms with van der Waals surface area (Å²) in [5, 5.41) is 50.6. The third kappa shape index (κ3) is 10.9. The summed E-state index contributed by atoms with van der Waals surface area (Å²) in [6.45, 7) is 12.6. The minimum absolute atomic E-state index is 0.0224. The summed E-state index contributed by atoms with van der Waals surface area (Å²) in [4.78, 5) is 25.0. The second kappa shape index (κ2) is 15.5. The van der Waals surface area contributed by atoms with Gasteiger partial charge in [0.15, 0.2) is 6.29 Å². The Hall–Kier alpha value is -1.14. The molecule has 10 nitrogen and oxygen atoms in total. The lowest BCUT2D eigenvalue weighted by atomic mass is 9.86. The molecule has 1 rings (SSSR count). The summed E-state index contributed by atoms with van der Waals surface area (Å²) >= 11 is 0. The van der Waals surface area contributed by atoms with Crippen molar-refractivity contribution >= 4 is 11.8 Å². The number of carbonyl (C=O) groups excluding carboxylic acids is 2. The monoisotopic (exact) mass is 534 g/mol. The molecule has 37 heavy (non-hydrogen) atoms. The number of aliphatic hydroxyl groups excluding tert-OH is 5. The van der Waals surface area contributed by atoms with Crippen molar-refractivity contribution in [2.75, 3.05) is 6.61 Å². The van der Waals surface area contributed by atoms with E-state index in [0.29, 0.717) is 12.8 Å². The maximum Gasteiger partial charge on any atom is 0.308 e. The number of ether oxygens (including phenoxy) is 3. The standard InChI is InChI=1S/C27H50O10/c1-8-15(3)19(10-17(29)12-22(31)27(5,6)7)35-23(32)13-18(30)11-20(16(4)9-2)36-26-25(34)24(33)21(14-28)37-26/h15-21,24-26,28-30,33-34H,8-14H2,1-7H3/t15-,16-,17?,18+,19+,20+,21+,24+,25?,26-/m1/s1. The first-order chi connectivity index (χ1) is 17.1. The van der Waals surface area contributed by atoms with Gasteiger partial charge in [0.2, 0.25) is 0 Å². The Balaban J connectivity index is 2.74. The summed E-state index contributed by atoms with van der Waals surface area (Å²) in [7, 11) is 0. The number of esters is 1. The van der Waals surface area contributed by atoms with E-state index in [4.69, 9.17) is 14.2 Å². The van der Waals surface area contributed by atoms with Crippen LogP contribution in [-0.4, -0.2) is 92.9 Å². The van der Waals surface area contributed by atoms with Gasteiger partial charge in [0.25, 0.3) is 0 Å². The highest BCUT2D eigenvalue weighted by molar-refractivity contribution is 5.84. The van der Waals surface area contributed by atoms with Crippen LogP contribution in [0.25, 0.3) is 0 Å². The van der Waals surface area contributed by atoms with E-state index >= 15 is 0 Å². The molecule has 5 N–H and O–H groups in total. The summed E-state index contributed by atoms with van der Waals surface area (Å²) in [5.74, 6) is -0.809. The summed E-state index contributed by atoms with van der Waals surface area (Å²) in [5.41, 5.74) is -0.571. The molecule has 1 saturated heterocycles. The number of aliphatic hydroxyl groups is 5. The van der Waals surface area contributed by atoms with Crippen LogP contribution in [0.1, 0.15) is 87.0 Å². The molecule has 10 heteroatoms. The highest BCUT2D eigenvalue weighted by atomic mass is 16.7. The molecule has 0 aromatic heterocycles. The fourth-order valence-electron chi connectivity index (χ4n) is 4.13. The lowest BCUT2D eigenvalue weighted by Gasteiger charge is -2.30. The van der Waals surface area contributed by atoms with Crippen molar-refractivity contribution in [3.63, 3.8) is 0 Å². The van der Waals surface area contributed by atoms with Crippen LogP contribution in [0.5, 0.6) is 0 Å². The molecule has 0 aromatic rings. The average Bonchev–Trinajstić information content (AvgIpc) is 3.09. The molecular weight excluding hydrogens is 484 g/mol. The fourth-order valence-corrected chi connectivity index (χ4v) is 4.13. The predicted molar refractivity (Wildman–Crippen MR) is 136 cm³/mol. The summed E-state index contributed by atoms with van der Waals surface area (Å²) in [6, 6.07) is 0. The quantitative estimate of drug-likeness (QED) is 0.184. The van der Waals surface area contributed by atoms with Gasteiger partial charge in [0.1, 0.15) is 30.2 Å². The van der Waals surface area contributed by atoms with Crippen molar-refractivity contribution in [3.8, 4) is 0 Å². The second-order valence-electron chi connectivity index (χ2n) is 11.5. The third-order valence-electron chi connectivity index (χ3n) is 7.32. The Morgan fingerprint density at radius 3 is 1.89 bits per heavy atom. The molecular formula is C27H50O10. The third-order valence-corrected chi connectivity index (χ3v) is 7.32.